The van der Waals surface area contributed by atoms with Crippen molar-refractivity contribution in [3.05, 3.63) is 29.8 Å². The minimum atomic E-state index is 0.166. The van der Waals surface area contributed by atoms with Gasteiger partial charge < -0.3 is 5.32 Å². The van der Waals surface area contributed by atoms with Gasteiger partial charge in [0.25, 0.3) is 0 Å². The summed E-state index contributed by atoms with van der Waals surface area (Å²) in [5.41, 5.74) is 1.54. The Hall–Kier alpha value is -0.120. The fraction of sp³-hybridized carbons (Fsp3) is 0.500. The Morgan fingerprint density at radius 3 is 2.33 bits per heavy atom. The zero-order valence-electron chi connectivity index (χ0n) is 9.58. The van der Waals surface area contributed by atoms with Crippen molar-refractivity contribution in [2.75, 3.05) is 18.7 Å². The monoisotopic (exact) mass is 241 g/mol. The van der Waals surface area contributed by atoms with E-state index in [2.05, 4.69) is 62.3 Å². The van der Waals surface area contributed by atoms with Gasteiger partial charge in [-0.3, -0.25) is 0 Å². The minimum absolute atomic E-state index is 0.166. The fourth-order valence-corrected chi connectivity index (χ4v) is 2.03. The second-order valence-corrected chi connectivity index (χ2v) is 5.39. The number of benzene rings is 1. The summed E-state index contributed by atoms with van der Waals surface area (Å²) in [6, 6.07) is 8.79. The highest BCUT2D eigenvalue weighted by atomic mass is 32.2. The molecule has 0 aromatic heterocycles. The Morgan fingerprint density at radius 2 is 1.87 bits per heavy atom. The number of hydrogen-bond donors (Lipinski definition) is 2. The van der Waals surface area contributed by atoms with Gasteiger partial charge in [0.15, 0.2) is 0 Å². The third-order valence-corrected chi connectivity index (χ3v) is 3.52. The van der Waals surface area contributed by atoms with Crippen LogP contribution in [0.4, 0.5) is 0 Å². The summed E-state index contributed by atoms with van der Waals surface area (Å²) in [5, 5.41) is 3.27. The van der Waals surface area contributed by atoms with Gasteiger partial charge in [0.05, 0.1) is 0 Å². The second-order valence-electron chi connectivity index (χ2n) is 4.20. The van der Waals surface area contributed by atoms with Gasteiger partial charge in [0.1, 0.15) is 0 Å². The molecule has 1 N–H and O–H groups in total. The maximum Gasteiger partial charge on any atom is 0.0387 e. The molecule has 0 unspecified atom stereocenters. The van der Waals surface area contributed by atoms with Crippen molar-refractivity contribution in [2.45, 2.75) is 24.2 Å². The van der Waals surface area contributed by atoms with Crippen LogP contribution in [-0.2, 0) is 5.41 Å². The topological polar surface area (TPSA) is 12.0 Å². The molecule has 1 aromatic carbocycles. The second kappa shape index (κ2) is 5.83. The molecule has 84 valence electrons. The smallest absolute Gasteiger partial charge is 0.0387 e. The fourth-order valence-electron chi connectivity index (χ4n) is 1.51. The van der Waals surface area contributed by atoms with Crippen molar-refractivity contribution < 1.29 is 0 Å². The van der Waals surface area contributed by atoms with Crippen LogP contribution in [0.3, 0.4) is 0 Å². The highest BCUT2D eigenvalue weighted by Crippen LogP contribution is 2.24. The van der Waals surface area contributed by atoms with E-state index in [1.54, 1.807) is 11.8 Å². The molecule has 0 fully saturated rings. The third kappa shape index (κ3) is 3.74. The first-order valence-corrected chi connectivity index (χ1v) is 6.92. The molecule has 0 radical (unpaired) electrons. The molecule has 1 nitrogen and oxygen atoms in total. The maximum absolute atomic E-state index is 4.16. The predicted octanol–water partition coefficient (Wildman–Crippen LogP) is 3.16. The van der Waals surface area contributed by atoms with E-state index in [-0.39, 0.29) is 5.41 Å². The van der Waals surface area contributed by atoms with Crippen LogP contribution in [0.2, 0.25) is 0 Å². The number of thiol groups is 1. The molecular formula is C12H19NS2. The molecule has 0 saturated heterocycles. The molecule has 0 saturated carbocycles. The van der Waals surface area contributed by atoms with Crippen molar-refractivity contribution in [2.24, 2.45) is 0 Å². The van der Waals surface area contributed by atoms with Crippen LogP contribution in [0, 0.1) is 0 Å². The van der Waals surface area contributed by atoms with Crippen molar-refractivity contribution in [1.29, 1.82) is 0 Å². The molecule has 0 heterocycles. The molecule has 0 bridgehead atoms. The quantitative estimate of drug-likeness (QED) is 0.466. The first kappa shape index (κ1) is 12.9. The molecule has 0 aliphatic rings. The molecule has 1 aromatic rings. The highest BCUT2D eigenvalue weighted by molar-refractivity contribution is 7.98. The highest BCUT2D eigenvalue weighted by Gasteiger charge is 2.19. The first-order valence-electron chi connectivity index (χ1n) is 5.06. The zero-order valence-corrected chi connectivity index (χ0v) is 11.3. The molecule has 0 spiro atoms. The maximum atomic E-state index is 4.16. The third-order valence-electron chi connectivity index (χ3n) is 2.55. The number of nitrogens with one attached hydrogen (secondary N) is 1. The van der Waals surface area contributed by atoms with Crippen molar-refractivity contribution in [3.8, 4) is 0 Å². The van der Waals surface area contributed by atoms with E-state index < -0.39 is 0 Å². The summed E-state index contributed by atoms with van der Waals surface area (Å²) in [7, 11) is 0. The van der Waals surface area contributed by atoms with Crippen LogP contribution in [0.1, 0.15) is 19.4 Å². The summed E-state index contributed by atoms with van der Waals surface area (Å²) in [6.07, 6.45) is 2.10. The van der Waals surface area contributed by atoms with Crippen LogP contribution in [-0.4, -0.2) is 18.7 Å². The molecule has 0 amide bonds. The molecule has 15 heavy (non-hydrogen) atoms. The van der Waals surface area contributed by atoms with Gasteiger partial charge in [-0.2, -0.15) is 12.6 Å². The van der Waals surface area contributed by atoms with Crippen LogP contribution >= 0.6 is 24.4 Å². The molecular weight excluding hydrogens is 222 g/mol. The summed E-state index contributed by atoms with van der Waals surface area (Å²) in [5.74, 6) is 0.728. The Morgan fingerprint density at radius 1 is 1.27 bits per heavy atom. The summed E-state index contributed by atoms with van der Waals surface area (Å²) in [6.45, 7) is 5.45. The normalized spacial score (nSPS) is 11.7. The van der Waals surface area contributed by atoms with Crippen molar-refractivity contribution in [1.82, 2.24) is 5.32 Å². The van der Waals surface area contributed by atoms with Gasteiger partial charge in [0.2, 0.25) is 0 Å². The summed E-state index contributed by atoms with van der Waals surface area (Å²) < 4.78 is 0. The number of thioether (sulfide) groups is 1. The van der Waals surface area contributed by atoms with Gasteiger partial charge in [-0.1, -0.05) is 26.0 Å². The van der Waals surface area contributed by atoms with Crippen LogP contribution < -0.4 is 5.32 Å². The molecule has 3 heteroatoms. The molecule has 1 rings (SSSR count). The summed E-state index contributed by atoms with van der Waals surface area (Å²) in [4.78, 5) is 1.32. The van der Waals surface area contributed by atoms with E-state index in [0.29, 0.717) is 0 Å². The lowest BCUT2D eigenvalue weighted by molar-refractivity contribution is 0.490. The lowest BCUT2D eigenvalue weighted by Crippen LogP contribution is -2.32. The van der Waals surface area contributed by atoms with Gasteiger partial charge in [-0.15, -0.1) is 11.8 Å². The lowest BCUT2D eigenvalue weighted by atomic mass is 9.85. The van der Waals surface area contributed by atoms with Crippen LogP contribution in [0.15, 0.2) is 29.2 Å². The predicted molar refractivity (Wildman–Crippen MR) is 73.1 cm³/mol. The zero-order chi connectivity index (χ0) is 11.3. The Balaban J connectivity index is 2.75. The van der Waals surface area contributed by atoms with Gasteiger partial charge in [0, 0.05) is 22.7 Å². The molecule has 0 aliphatic heterocycles. The van der Waals surface area contributed by atoms with Crippen molar-refractivity contribution in [3.63, 3.8) is 0 Å². The largest absolute Gasteiger partial charge is 0.307 e. The Labute approximate surface area is 102 Å². The van der Waals surface area contributed by atoms with E-state index in [1.165, 1.54) is 10.5 Å². The average Bonchev–Trinajstić information content (AvgIpc) is 2.26. The van der Waals surface area contributed by atoms with Gasteiger partial charge in [-0.05, 0) is 24.0 Å². The molecule has 0 aliphatic carbocycles. The van der Waals surface area contributed by atoms with E-state index in [1.807, 2.05) is 0 Å². The Kier molecular flexibility index (Phi) is 5.03. The van der Waals surface area contributed by atoms with Crippen LogP contribution in [0.5, 0.6) is 0 Å². The van der Waals surface area contributed by atoms with Gasteiger partial charge >= 0.3 is 0 Å². The minimum Gasteiger partial charge on any atom is -0.307 e. The molecule has 0 atom stereocenters. The van der Waals surface area contributed by atoms with Gasteiger partial charge in [-0.25, -0.2) is 0 Å². The number of rotatable bonds is 5. The SMILES string of the molecule is CSc1ccc(C(C)(C)CNCS)cc1. The Bertz CT molecular complexity index is 293. The summed E-state index contributed by atoms with van der Waals surface area (Å²) >= 11 is 5.94. The average molecular weight is 241 g/mol. The van der Waals surface area contributed by atoms with E-state index >= 15 is 0 Å². The van der Waals surface area contributed by atoms with Crippen molar-refractivity contribution >= 4 is 24.4 Å². The number of hydrogen-bond acceptors (Lipinski definition) is 3. The van der Waals surface area contributed by atoms with E-state index in [4.69, 9.17) is 0 Å². The van der Waals surface area contributed by atoms with E-state index in [9.17, 15) is 0 Å². The lowest BCUT2D eigenvalue weighted by Gasteiger charge is -2.25. The van der Waals surface area contributed by atoms with Crippen LogP contribution in [0.25, 0.3) is 0 Å². The van der Waals surface area contributed by atoms with E-state index in [0.717, 1.165) is 12.4 Å². The first-order chi connectivity index (χ1) is 7.10. The standard InChI is InChI=1S/C12H19NS2/c1-12(2,8-13-9-14)10-4-6-11(15-3)7-5-10/h4-7,13-14H,8-9H2,1-3H3.